The standard InChI is InChI=1S/C18H14ClF4NOS/c19-15-8-7-13(9-14(15)18(21,22)23)26-16(17(25)24-12-5-6-12)10-1-3-11(20)4-2-10/h1-4,7-9,12,16H,5-6H2,(H,24,25). The Hall–Kier alpha value is -1.73. The van der Waals surface area contributed by atoms with Gasteiger partial charge in [-0.25, -0.2) is 4.39 Å². The molecule has 138 valence electrons. The van der Waals surface area contributed by atoms with E-state index in [4.69, 9.17) is 11.6 Å². The number of thioether (sulfide) groups is 1. The molecule has 26 heavy (non-hydrogen) atoms. The number of amides is 1. The van der Waals surface area contributed by atoms with E-state index in [-0.39, 0.29) is 16.8 Å². The summed E-state index contributed by atoms with van der Waals surface area (Å²) in [7, 11) is 0. The number of benzene rings is 2. The van der Waals surface area contributed by atoms with Crippen molar-refractivity contribution in [2.75, 3.05) is 0 Å². The van der Waals surface area contributed by atoms with Gasteiger partial charge in [0, 0.05) is 10.9 Å². The minimum Gasteiger partial charge on any atom is -0.352 e. The van der Waals surface area contributed by atoms with Crippen LogP contribution < -0.4 is 5.32 Å². The first-order valence-corrected chi connectivity index (χ1v) is 9.09. The zero-order valence-corrected chi connectivity index (χ0v) is 14.9. The maximum absolute atomic E-state index is 13.2. The molecule has 8 heteroatoms. The lowest BCUT2D eigenvalue weighted by atomic mass is 10.1. The van der Waals surface area contributed by atoms with Crippen LogP contribution in [0.1, 0.15) is 29.2 Å². The molecule has 1 aliphatic carbocycles. The normalized spacial score (nSPS) is 15.6. The second-order valence-corrected chi connectivity index (χ2v) is 7.56. The Balaban J connectivity index is 1.90. The molecule has 0 bridgehead atoms. The minimum atomic E-state index is -4.59. The van der Waals surface area contributed by atoms with Crippen molar-refractivity contribution in [1.29, 1.82) is 0 Å². The summed E-state index contributed by atoms with van der Waals surface area (Å²) in [5.41, 5.74) is -0.442. The number of halogens is 5. The molecule has 0 saturated heterocycles. The highest BCUT2D eigenvalue weighted by Gasteiger charge is 2.34. The predicted molar refractivity (Wildman–Crippen MR) is 92.6 cm³/mol. The summed E-state index contributed by atoms with van der Waals surface area (Å²) < 4.78 is 52.4. The molecule has 1 unspecified atom stereocenters. The van der Waals surface area contributed by atoms with Gasteiger partial charge in [0.2, 0.25) is 5.91 Å². The predicted octanol–water partition coefficient (Wildman–Crippen LogP) is 5.61. The molecule has 1 fully saturated rings. The highest BCUT2D eigenvalue weighted by Crippen LogP contribution is 2.41. The fourth-order valence-electron chi connectivity index (χ4n) is 2.35. The van der Waals surface area contributed by atoms with Crippen LogP contribution >= 0.6 is 23.4 Å². The lowest BCUT2D eigenvalue weighted by molar-refractivity contribution is -0.137. The molecule has 0 aliphatic heterocycles. The lowest BCUT2D eigenvalue weighted by Gasteiger charge is -2.18. The van der Waals surface area contributed by atoms with Crippen LogP contribution in [-0.4, -0.2) is 11.9 Å². The highest BCUT2D eigenvalue weighted by molar-refractivity contribution is 8.00. The number of carbonyl (C=O) groups excluding carboxylic acids is 1. The molecule has 0 radical (unpaired) electrons. The average Bonchev–Trinajstić information content (AvgIpc) is 3.38. The lowest BCUT2D eigenvalue weighted by Crippen LogP contribution is -2.29. The summed E-state index contributed by atoms with van der Waals surface area (Å²) in [4.78, 5) is 12.8. The maximum Gasteiger partial charge on any atom is 0.417 e. The molecule has 0 spiro atoms. The molecule has 1 N–H and O–H groups in total. The summed E-state index contributed by atoms with van der Waals surface area (Å²) in [6, 6.07) is 8.97. The van der Waals surface area contributed by atoms with E-state index in [0.29, 0.717) is 5.56 Å². The molecule has 1 saturated carbocycles. The molecule has 2 aromatic carbocycles. The van der Waals surface area contributed by atoms with E-state index in [2.05, 4.69) is 5.32 Å². The number of rotatable bonds is 5. The SMILES string of the molecule is O=C(NC1CC1)C(Sc1ccc(Cl)c(C(F)(F)F)c1)c1ccc(F)cc1. The zero-order valence-electron chi connectivity index (χ0n) is 13.3. The van der Waals surface area contributed by atoms with Crippen molar-refractivity contribution in [1.82, 2.24) is 5.32 Å². The summed E-state index contributed by atoms with van der Waals surface area (Å²) in [5.74, 6) is -0.765. The van der Waals surface area contributed by atoms with Gasteiger partial charge in [0.15, 0.2) is 0 Å². The van der Waals surface area contributed by atoms with Crippen LogP contribution in [0.15, 0.2) is 47.4 Å². The Kier molecular flexibility index (Phi) is 5.48. The third kappa shape index (κ3) is 4.71. The van der Waals surface area contributed by atoms with Gasteiger partial charge in [-0.2, -0.15) is 13.2 Å². The molecule has 3 rings (SSSR count). The highest BCUT2D eigenvalue weighted by atomic mass is 35.5. The van der Waals surface area contributed by atoms with E-state index in [1.807, 2.05) is 0 Å². The van der Waals surface area contributed by atoms with E-state index >= 15 is 0 Å². The van der Waals surface area contributed by atoms with Gasteiger partial charge in [-0.15, -0.1) is 11.8 Å². The molecular weight excluding hydrogens is 390 g/mol. The van der Waals surface area contributed by atoms with Gasteiger partial charge < -0.3 is 5.32 Å². The smallest absolute Gasteiger partial charge is 0.352 e. The number of alkyl halides is 3. The monoisotopic (exact) mass is 403 g/mol. The molecule has 1 amide bonds. The fraction of sp³-hybridized carbons (Fsp3) is 0.278. The summed E-state index contributed by atoms with van der Waals surface area (Å²) in [5, 5.41) is 1.65. The van der Waals surface area contributed by atoms with Crippen LogP contribution in [0.5, 0.6) is 0 Å². The first kappa shape index (κ1) is 19.0. The van der Waals surface area contributed by atoms with Crippen LogP contribution in [0, 0.1) is 5.82 Å². The van der Waals surface area contributed by atoms with Crippen molar-refractivity contribution in [3.8, 4) is 0 Å². The Labute approximate surface area is 156 Å². The van der Waals surface area contributed by atoms with Gasteiger partial charge >= 0.3 is 6.18 Å². The second-order valence-electron chi connectivity index (χ2n) is 5.97. The Morgan fingerprint density at radius 1 is 1.15 bits per heavy atom. The van der Waals surface area contributed by atoms with Gasteiger partial charge in [-0.3, -0.25) is 4.79 Å². The van der Waals surface area contributed by atoms with Crippen molar-refractivity contribution in [2.45, 2.75) is 35.2 Å². The first-order valence-electron chi connectivity index (χ1n) is 7.83. The summed E-state index contributed by atoms with van der Waals surface area (Å²) >= 11 is 6.61. The van der Waals surface area contributed by atoms with Gasteiger partial charge in [0.1, 0.15) is 11.1 Å². The number of nitrogens with one attached hydrogen (secondary N) is 1. The molecule has 1 aliphatic rings. The quantitative estimate of drug-likeness (QED) is 0.519. The fourth-order valence-corrected chi connectivity index (χ4v) is 3.64. The zero-order chi connectivity index (χ0) is 18.9. The van der Waals surface area contributed by atoms with Crippen LogP contribution in [0.3, 0.4) is 0 Å². The van der Waals surface area contributed by atoms with Gasteiger partial charge in [-0.05, 0) is 48.7 Å². The summed E-state index contributed by atoms with van der Waals surface area (Å²) in [6.07, 6.45) is -2.83. The average molecular weight is 404 g/mol. The van der Waals surface area contributed by atoms with Crippen molar-refractivity contribution in [3.05, 3.63) is 64.4 Å². The number of hydrogen-bond donors (Lipinski definition) is 1. The van der Waals surface area contributed by atoms with E-state index < -0.39 is 27.8 Å². The Morgan fingerprint density at radius 3 is 2.38 bits per heavy atom. The molecule has 2 nitrogen and oxygen atoms in total. The molecule has 0 aromatic heterocycles. The third-order valence-electron chi connectivity index (χ3n) is 3.83. The van der Waals surface area contributed by atoms with Gasteiger partial charge in [-0.1, -0.05) is 23.7 Å². The van der Waals surface area contributed by atoms with Crippen molar-refractivity contribution < 1.29 is 22.4 Å². The van der Waals surface area contributed by atoms with Crippen LogP contribution in [0.2, 0.25) is 5.02 Å². The molecular formula is C18H14ClF4NOS. The van der Waals surface area contributed by atoms with Crippen LogP contribution in [-0.2, 0) is 11.0 Å². The van der Waals surface area contributed by atoms with Crippen molar-refractivity contribution >= 4 is 29.3 Å². The minimum absolute atomic E-state index is 0.0991. The van der Waals surface area contributed by atoms with E-state index in [1.165, 1.54) is 30.3 Å². The molecule has 0 heterocycles. The van der Waals surface area contributed by atoms with Crippen molar-refractivity contribution in [2.24, 2.45) is 0 Å². The van der Waals surface area contributed by atoms with Crippen LogP contribution in [0.4, 0.5) is 17.6 Å². The van der Waals surface area contributed by atoms with Crippen molar-refractivity contribution in [3.63, 3.8) is 0 Å². The van der Waals surface area contributed by atoms with Gasteiger partial charge in [0.25, 0.3) is 0 Å². The maximum atomic E-state index is 13.2. The number of hydrogen-bond acceptors (Lipinski definition) is 2. The Bertz CT molecular complexity index is 806. The number of carbonyl (C=O) groups is 1. The third-order valence-corrected chi connectivity index (χ3v) is 5.41. The summed E-state index contributed by atoms with van der Waals surface area (Å²) in [6.45, 7) is 0. The van der Waals surface area contributed by atoms with Gasteiger partial charge in [0.05, 0.1) is 10.6 Å². The van der Waals surface area contributed by atoms with Crippen LogP contribution in [0.25, 0.3) is 0 Å². The Morgan fingerprint density at radius 2 is 1.81 bits per heavy atom. The topological polar surface area (TPSA) is 29.1 Å². The second kappa shape index (κ2) is 7.48. The first-order chi connectivity index (χ1) is 12.2. The van der Waals surface area contributed by atoms with E-state index in [0.717, 1.165) is 36.7 Å². The largest absolute Gasteiger partial charge is 0.417 e. The van der Waals surface area contributed by atoms with E-state index in [9.17, 15) is 22.4 Å². The molecule has 1 atom stereocenters. The van der Waals surface area contributed by atoms with E-state index in [1.54, 1.807) is 0 Å². The molecule has 2 aromatic rings.